The van der Waals surface area contributed by atoms with Gasteiger partial charge in [-0.15, -0.1) is 34.2 Å². The number of nitrogens with zero attached hydrogens (tertiary/aromatic N) is 5. The number of rotatable bonds is 6. The molecule has 0 saturated heterocycles. The van der Waals surface area contributed by atoms with Crippen LogP contribution >= 0.6 is 24.0 Å². The van der Waals surface area contributed by atoms with E-state index in [9.17, 15) is 0 Å². The summed E-state index contributed by atoms with van der Waals surface area (Å²) < 4.78 is 7.48. The van der Waals surface area contributed by atoms with Crippen molar-refractivity contribution in [3.63, 3.8) is 0 Å². The van der Waals surface area contributed by atoms with Crippen LogP contribution in [0.5, 0.6) is 5.88 Å². The van der Waals surface area contributed by atoms with E-state index >= 15 is 0 Å². The molecule has 3 rings (SSSR count). The molecule has 0 amide bonds. The van der Waals surface area contributed by atoms with Crippen LogP contribution in [0.2, 0.25) is 0 Å². The molecular formula is C17H22IN7O. The van der Waals surface area contributed by atoms with Gasteiger partial charge in [-0.25, -0.2) is 4.98 Å². The van der Waals surface area contributed by atoms with Crippen molar-refractivity contribution in [3.8, 4) is 5.88 Å². The van der Waals surface area contributed by atoms with E-state index < -0.39 is 0 Å². The van der Waals surface area contributed by atoms with Gasteiger partial charge in [0, 0.05) is 31.5 Å². The first kappa shape index (κ1) is 19.9. The van der Waals surface area contributed by atoms with Crippen LogP contribution in [0, 0.1) is 0 Å². The predicted octanol–water partition coefficient (Wildman–Crippen LogP) is 2.01. The Balaban J connectivity index is 0.00000243. The third-order valence-corrected chi connectivity index (χ3v) is 3.60. The zero-order valence-electron chi connectivity index (χ0n) is 14.7. The summed E-state index contributed by atoms with van der Waals surface area (Å²) in [5.41, 5.74) is 1.79. The SMILES string of the molecule is CCOc1ncccc1CNC(=NC)NCc1nnc2ccccn12.I. The van der Waals surface area contributed by atoms with E-state index in [0.29, 0.717) is 31.5 Å². The fourth-order valence-electron chi connectivity index (χ4n) is 2.40. The molecule has 9 heteroatoms. The summed E-state index contributed by atoms with van der Waals surface area (Å²) in [6.45, 7) is 3.59. The normalized spacial score (nSPS) is 11.1. The summed E-state index contributed by atoms with van der Waals surface area (Å²) in [6, 6.07) is 9.67. The maximum absolute atomic E-state index is 5.54. The molecule has 0 fully saturated rings. The van der Waals surface area contributed by atoms with E-state index in [2.05, 4.69) is 30.8 Å². The fourth-order valence-corrected chi connectivity index (χ4v) is 2.40. The van der Waals surface area contributed by atoms with E-state index in [0.717, 1.165) is 17.0 Å². The number of guanidine groups is 1. The lowest BCUT2D eigenvalue weighted by molar-refractivity contribution is 0.322. The van der Waals surface area contributed by atoms with Crippen molar-refractivity contribution in [1.82, 2.24) is 30.2 Å². The van der Waals surface area contributed by atoms with Gasteiger partial charge in [0.05, 0.1) is 13.2 Å². The second-order valence-corrected chi connectivity index (χ2v) is 5.23. The number of aromatic nitrogens is 4. The predicted molar refractivity (Wildman–Crippen MR) is 111 cm³/mol. The second-order valence-electron chi connectivity index (χ2n) is 5.23. The maximum atomic E-state index is 5.54. The van der Waals surface area contributed by atoms with E-state index in [-0.39, 0.29) is 24.0 Å². The standard InChI is InChI=1S/C17H21N7O.HI/c1-3-25-16-13(7-6-9-19-16)11-20-17(18-2)21-12-15-23-22-14-8-4-5-10-24(14)15;/h4-10H,3,11-12H2,1-2H3,(H2,18,20,21);1H. The fraction of sp³-hybridized carbons (Fsp3) is 0.294. The zero-order valence-corrected chi connectivity index (χ0v) is 17.0. The molecule has 3 heterocycles. The first-order valence-corrected chi connectivity index (χ1v) is 8.11. The molecule has 3 aromatic rings. The Labute approximate surface area is 169 Å². The monoisotopic (exact) mass is 467 g/mol. The highest BCUT2D eigenvalue weighted by molar-refractivity contribution is 14.0. The molecule has 0 atom stereocenters. The van der Waals surface area contributed by atoms with Gasteiger partial charge in [0.2, 0.25) is 5.88 Å². The average molecular weight is 467 g/mol. The molecule has 0 unspecified atom stereocenters. The molecular weight excluding hydrogens is 445 g/mol. The number of fused-ring (bicyclic) bond motifs is 1. The molecule has 138 valence electrons. The Morgan fingerprint density at radius 1 is 1.15 bits per heavy atom. The topological polar surface area (TPSA) is 88.7 Å². The number of halogens is 1. The van der Waals surface area contributed by atoms with Gasteiger partial charge in [0.1, 0.15) is 0 Å². The molecule has 0 spiro atoms. The van der Waals surface area contributed by atoms with Crippen LogP contribution in [0.15, 0.2) is 47.7 Å². The van der Waals surface area contributed by atoms with Crippen molar-refractivity contribution in [1.29, 1.82) is 0 Å². The molecule has 0 radical (unpaired) electrons. The Bertz CT molecular complexity index is 865. The van der Waals surface area contributed by atoms with Crippen LogP contribution in [0.1, 0.15) is 18.3 Å². The smallest absolute Gasteiger partial charge is 0.218 e. The molecule has 0 saturated carbocycles. The summed E-state index contributed by atoms with van der Waals surface area (Å²) in [7, 11) is 1.73. The van der Waals surface area contributed by atoms with Crippen molar-refractivity contribution >= 4 is 35.6 Å². The lowest BCUT2D eigenvalue weighted by Gasteiger charge is -2.13. The molecule has 0 aliphatic rings. The molecule has 0 aliphatic carbocycles. The van der Waals surface area contributed by atoms with Crippen LogP contribution < -0.4 is 15.4 Å². The van der Waals surface area contributed by atoms with Crippen LogP contribution in [0.3, 0.4) is 0 Å². The zero-order chi connectivity index (χ0) is 17.5. The molecule has 2 N–H and O–H groups in total. The first-order chi connectivity index (χ1) is 12.3. The lowest BCUT2D eigenvalue weighted by atomic mass is 10.2. The largest absolute Gasteiger partial charge is 0.478 e. The van der Waals surface area contributed by atoms with Gasteiger partial charge in [-0.05, 0) is 25.1 Å². The number of ether oxygens (including phenoxy) is 1. The third kappa shape index (κ3) is 4.81. The third-order valence-electron chi connectivity index (χ3n) is 3.60. The molecule has 3 aromatic heterocycles. The molecule has 26 heavy (non-hydrogen) atoms. The molecule has 0 aromatic carbocycles. The first-order valence-electron chi connectivity index (χ1n) is 8.11. The number of hydrogen-bond donors (Lipinski definition) is 2. The highest BCUT2D eigenvalue weighted by atomic mass is 127. The van der Waals surface area contributed by atoms with Crippen LogP contribution in [0.25, 0.3) is 5.65 Å². The van der Waals surface area contributed by atoms with Gasteiger partial charge >= 0.3 is 0 Å². The van der Waals surface area contributed by atoms with Crippen molar-refractivity contribution < 1.29 is 4.74 Å². The van der Waals surface area contributed by atoms with Crippen molar-refractivity contribution in [2.45, 2.75) is 20.0 Å². The van der Waals surface area contributed by atoms with Crippen molar-refractivity contribution in [2.75, 3.05) is 13.7 Å². The van der Waals surface area contributed by atoms with Gasteiger partial charge in [-0.3, -0.25) is 9.39 Å². The quantitative estimate of drug-likeness (QED) is 0.328. The number of pyridine rings is 2. The minimum absolute atomic E-state index is 0. The minimum atomic E-state index is 0. The Hall–Kier alpha value is -2.43. The molecule has 8 nitrogen and oxygen atoms in total. The molecule has 0 aliphatic heterocycles. The van der Waals surface area contributed by atoms with E-state index in [4.69, 9.17) is 4.74 Å². The number of hydrogen-bond acceptors (Lipinski definition) is 5. The number of nitrogens with one attached hydrogen (secondary N) is 2. The van der Waals surface area contributed by atoms with Crippen molar-refractivity contribution in [3.05, 3.63) is 54.1 Å². The summed E-state index contributed by atoms with van der Waals surface area (Å²) >= 11 is 0. The Morgan fingerprint density at radius 3 is 2.81 bits per heavy atom. The van der Waals surface area contributed by atoms with Gasteiger partial charge in [0.15, 0.2) is 17.4 Å². The van der Waals surface area contributed by atoms with Crippen LogP contribution in [-0.4, -0.2) is 39.2 Å². The summed E-state index contributed by atoms with van der Waals surface area (Å²) in [6.07, 6.45) is 3.66. The van der Waals surface area contributed by atoms with Crippen LogP contribution in [0.4, 0.5) is 0 Å². The second kappa shape index (κ2) is 9.90. The minimum Gasteiger partial charge on any atom is -0.478 e. The highest BCUT2D eigenvalue weighted by Gasteiger charge is 2.07. The highest BCUT2D eigenvalue weighted by Crippen LogP contribution is 2.13. The Kier molecular flexibility index (Phi) is 7.57. The average Bonchev–Trinajstić information content (AvgIpc) is 3.06. The van der Waals surface area contributed by atoms with Gasteiger partial charge in [-0.1, -0.05) is 12.1 Å². The van der Waals surface area contributed by atoms with Crippen LogP contribution in [-0.2, 0) is 13.1 Å². The van der Waals surface area contributed by atoms with Crippen molar-refractivity contribution in [2.24, 2.45) is 4.99 Å². The summed E-state index contributed by atoms with van der Waals surface area (Å²) in [5.74, 6) is 2.12. The number of aliphatic imine (C=N–C) groups is 1. The van der Waals surface area contributed by atoms with E-state index in [1.165, 1.54) is 0 Å². The molecule has 0 bridgehead atoms. The lowest BCUT2D eigenvalue weighted by Crippen LogP contribution is -2.36. The van der Waals surface area contributed by atoms with Gasteiger partial charge in [-0.2, -0.15) is 0 Å². The van der Waals surface area contributed by atoms with Gasteiger partial charge in [0.25, 0.3) is 0 Å². The van der Waals surface area contributed by atoms with E-state index in [1.807, 2.05) is 47.9 Å². The van der Waals surface area contributed by atoms with Gasteiger partial charge < -0.3 is 15.4 Å². The Morgan fingerprint density at radius 2 is 2.00 bits per heavy atom. The summed E-state index contributed by atoms with van der Waals surface area (Å²) in [5, 5.41) is 14.8. The summed E-state index contributed by atoms with van der Waals surface area (Å²) in [4.78, 5) is 8.48. The maximum Gasteiger partial charge on any atom is 0.218 e. The van der Waals surface area contributed by atoms with E-state index in [1.54, 1.807) is 13.2 Å².